The van der Waals surface area contributed by atoms with Gasteiger partial charge in [0.2, 0.25) is 5.78 Å². The highest BCUT2D eigenvalue weighted by molar-refractivity contribution is 6.30. The van der Waals surface area contributed by atoms with E-state index in [2.05, 4.69) is 15.4 Å². The number of carbonyl (C=O) groups excluding carboxylic acids is 1. The highest BCUT2D eigenvalue weighted by Gasteiger charge is 2.17. The highest BCUT2D eigenvalue weighted by atomic mass is 35.5. The molecular weight excluding hydrogens is 254 g/mol. The molecule has 0 fully saturated rings. The fourth-order valence-corrected chi connectivity index (χ4v) is 1.54. The van der Waals surface area contributed by atoms with Crippen LogP contribution in [0.1, 0.15) is 23.0 Å². The Labute approximate surface area is 109 Å². The van der Waals surface area contributed by atoms with Crippen molar-refractivity contribution in [2.45, 2.75) is 6.92 Å². The van der Waals surface area contributed by atoms with E-state index < -0.39 is 0 Å². The van der Waals surface area contributed by atoms with Crippen LogP contribution in [-0.4, -0.2) is 27.8 Å². The Morgan fingerprint density at radius 2 is 2.06 bits per heavy atom. The zero-order chi connectivity index (χ0) is 13.0. The topological polar surface area (TPSA) is 65.0 Å². The Morgan fingerprint density at radius 1 is 1.33 bits per heavy atom. The summed E-state index contributed by atoms with van der Waals surface area (Å²) in [5.41, 5.74) is 0.620. The van der Waals surface area contributed by atoms with Gasteiger partial charge in [-0.15, -0.1) is 10.2 Å². The van der Waals surface area contributed by atoms with E-state index in [1.165, 1.54) is 6.20 Å². The summed E-state index contributed by atoms with van der Waals surface area (Å²) in [7, 11) is 0. The predicted octanol–water partition coefficient (Wildman–Crippen LogP) is 2.15. The third kappa shape index (κ3) is 2.62. The number of halogens is 1. The van der Waals surface area contributed by atoms with E-state index in [-0.39, 0.29) is 11.5 Å². The molecule has 2 rings (SSSR count). The summed E-state index contributed by atoms with van der Waals surface area (Å²) < 4.78 is 5.29. The van der Waals surface area contributed by atoms with Crippen LogP contribution in [0, 0.1) is 0 Å². The predicted molar refractivity (Wildman–Crippen MR) is 65.9 cm³/mol. The van der Waals surface area contributed by atoms with Crippen LogP contribution in [0.5, 0.6) is 5.75 Å². The summed E-state index contributed by atoms with van der Waals surface area (Å²) in [6.07, 6.45) is 1.37. The second-order valence-corrected chi connectivity index (χ2v) is 3.85. The van der Waals surface area contributed by atoms with Crippen molar-refractivity contribution in [1.29, 1.82) is 0 Å². The maximum atomic E-state index is 12.2. The zero-order valence-electron chi connectivity index (χ0n) is 9.63. The van der Waals surface area contributed by atoms with Gasteiger partial charge in [0.25, 0.3) is 0 Å². The molecule has 0 aliphatic rings. The van der Waals surface area contributed by atoms with E-state index in [9.17, 15) is 4.79 Å². The summed E-state index contributed by atoms with van der Waals surface area (Å²) in [5, 5.41) is 11.4. The number of hydrogen-bond donors (Lipinski definition) is 0. The fourth-order valence-electron chi connectivity index (χ4n) is 1.42. The van der Waals surface area contributed by atoms with Crippen LogP contribution in [0.25, 0.3) is 0 Å². The number of ketones is 1. The zero-order valence-corrected chi connectivity index (χ0v) is 10.4. The lowest BCUT2D eigenvalue weighted by atomic mass is 10.1. The van der Waals surface area contributed by atoms with Gasteiger partial charge >= 0.3 is 0 Å². The Kier molecular flexibility index (Phi) is 3.84. The standard InChI is InChI=1S/C12H10ClN3O2/c1-2-18-10-7-14-16-15-11(10)12(17)8-3-5-9(13)6-4-8/h3-7H,2H2,1H3. The Balaban J connectivity index is 2.36. The highest BCUT2D eigenvalue weighted by Crippen LogP contribution is 2.18. The number of rotatable bonds is 4. The molecule has 92 valence electrons. The molecule has 1 heterocycles. The molecule has 0 aliphatic carbocycles. The Morgan fingerprint density at radius 3 is 2.72 bits per heavy atom. The average molecular weight is 264 g/mol. The molecule has 0 atom stereocenters. The number of aromatic nitrogens is 3. The van der Waals surface area contributed by atoms with Gasteiger partial charge < -0.3 is 4.74 Å². The summed E-state index contributed by atoms with van der Waals surface area (Å²) in [6.45, 7) is 2.24. The molecular formula is C12H10ClN3O2. The van der Waals surface area contributed by atoms with E-state index in [4.69, 9.17) is 16.3 Å². The van der Waals surface area contributed by atoms with Gasteiger partial charge in [-0.3, -0.25) is 4.79 Å². The first-order valence-corrected chi connectivity index (χ1v) is 5.71. The lowest BCUT2D eigenvalue weighted by molar-refractivity contribution is 0.102. The Bertz CT molecular complexity index is 558. The number of hydrogen-bond acceptors (Lipinski definition) is 5. The molecule has 0 unspecified atom stereocenters. The van der Waals surface area contributed by atoms with Crippen LogP contribution in [-0.2, 0) is 0 Å². The lowest BCUT2D eigenvalue weighted by Crippen LogP contribution is -2.09. The molecule has 0 spiro atoms. The van der Waals surface area contributed by atoms with Crippen molar-refractivity contribution in [1.82, 2.24) is 15.4 Å². The van der Waals surface area contributed by atoms with E-state index >= 15 is 0 Å². The third-order valence-corrected chi connectivity index (χ3v) is 2.48. The number of carbonyl (C=O) groups is 1. The van der Waals surface area contributed by atoms with Gasteiger partial charge in [0, 0.05) is 10.6 Å². The molecule has 1 aromatic carbocycles. The van der Waals surface area contributed by atoms with Crippen molar-refractivity contribution in [3.05, 3.63) is 46.7 Å². The van der Waals surface area contributed by atoms with Crippen LogP contribution in [0.15, 0.2) is 30.5 Å². The van der Waals surface area contributed by atoms with Crippen LogP contribution in [0.3, 0.4) is 0 Å². The molecule has 0 aliphatic heterocycles. The molecule has 6 heteroatoms. The van der Waals surface area contributed by atoms with Gasteiger partial charge in [-0.1, -0.05) is 11.6 Å². The second kappa shape index (κ2) is 5.55. The first kappa shape index (κ1) is 12.4. The van der Waals surface area contributed by atoms with Gasteiger partial charge in [0.1, 0.15) is 0 Å². The van der Waals surface area contributed by atoms with Gasteiger partial charge in [-0.25, -0.2) is 0 Å². The van der Waals surface area contributed by atoms with E-state index in [1.807, 2.05) is 6.92 Å². The van der Waals surface area contributed by atoms with Crippen molar-refractivity contribution >= 4 is 17.4 Å². The van der Waals surface area contributed by atoms with Gasteiger partial charge in [0.05, 0.1) is 12.8 Å². The molecule has 0 N–H and O–H groups in total. The number of ether oxygens (including phenoxy) is 1. The largest absolute Gasteiger partial charge is 0.490 e. The molecule has 0 amide bonds. The average Bonchev–Trinajstić information content (AvgIpc) is 2.40. The molecule has 0 saturated heterocycles. The fraction of sp³-hybridized carbons (Fsp3) is 0.167. The molecule has 5 nitrogen and oxygen atoms in total. The summed E-state index contributed by atoms with van der Waals surface area (Å²) in [5.74, 6) is 0.0532. The maximum Gasteiger partial charge on any atom is 0.217 e. The minimum Gasteiger partial charge on any atom is -0.490 e. The monoisotopic (exact) mass is 263 g/mol. The first-order chi connectivity index (χ1) is 8.72. The normalized spacial score (nSPS) is 10.1. The molecule has 1 aromatic heterocycles. The smallest absolute Gasteiger partial charge is 0.217 e. The quantitative estimate of drug-likeness (QED) is 0.791. The van der Waals surface area contributed by atoms with E-state index in [0.29, 0.717) is 22.9 Å². The number of benzene rings is 1. The van der Waals surface area contributed by atoms with Crippen molar-refractivity contribution in [2.75, 3.05) is 6.61 Å². The van der Waals surface area contributed by atoms with Crippen LogP contribution in [0.4, 0.5) is 0 Å². The molecule has 0 saturated carbocycles. The number of nitrogens with zero attached hydrogens (tertiary/aromatic N) is 3. The molecule has 18 heavy (non-hydrogen) atoms. The summed E-state index contributed by atoms with van der Waals surface area (Å²) in [6, 6.07) is 6.54. The van der Waals surface area contributed by atoms with Crippen molar-refractivity contribution in [2.24, 2.45) is 0 Å². The third-order valence-electron chi connectivity index (χ3n) is 2.23. The summed E-state index contributed by atoms with van der Waals surface area (Å²) in [4.78, 5) is 12.2. The second-order valence-electron chi connectivity index (χ2n) is 3.42. The van der Waals surface area contributed by atoms with E-state index in [1.54, 1.807) is 24.3 Å². The SMILES string of the molecule is CCOc1cnnnc1C(=O)c1ccc(Cl)cc1. The van der Waals surface area contributed by atoms with Crippen LogP contribution in [0.2, 0.25) is 5.02 Å². The lowest BCUT2D eigenvalue weighted by Gasteiger charge is -2.06. The van der Waals surface area contributed by atoms with Crippen molar-refractivity contribution in [3.63, 3.8) is 0 Å². The van der Waals surface area contributed by atoms with Crippen molar-refractivity contribution < 1.29 is 9.53 Å². The molecule has 0 bridgehead atoms. The molecule has 2 aromatic rings. The minimum absolute atomic E-state index is 0.147. The first-order valence-electron chi connectivity index (χ1n) is 5.33. The maximum absolute atomic E-state index is 12.2. The van der Waals surface area contributed by atoms with Crippen LogP contribution >= 0.6 is 11.6 Å². The van der Waals surface area contributed by atoms with Gasteiger partial charge in [-0.2, -0.15) is 0 Å². The van der Waals surface area contributed by atoms with Gasteiger partial charge in [-0.05, 0) is 36.4 Å². The van der Waals surface area contributed by atoms with Gasteiger partial charge in [0.15, 0.2) is 11.4 Å². The Hall–Kier alpha value is -2.01. The molecule has 0 radical (unpaired) electrons. The van der Waals surface area contributed by atoms with Crippen molar-refractivity contribution in [3.8, 4) is 5.75 Å². The van der Waals surface area contributed by atoms with E-state index in [0.717, 1.165) is 0 Å². The summed E-state index contributed by atoms with van der Waals surface area (Å²) >= 11 is 5.77. The van der Waals surface area contributed by atoms with Crippen LogP contribution < -0.4 is 4.74 Å². The minimum atomic E-state index is -0.273.